The Balaban J connectivity index is 1.40. The van der Waals surface area contributed by atoms with Crippen LogP contribution in [-0.2, 0) is 22.3 Å². The van der Waals surface area contributed by atoms with Gasteiger partial charge in [0.15, 0.2) is 18.1 Å². The molecule has 0 saturated heterocycles. The van der Waals surface area contributed by atoms with Crippen molar-refractivity contribution in [2.75, 3.05) is 44.4 Å². The number of rotatable bonds is 14. The number of ether oxygens (including phenoxy) is 4. The Kier molecular flexibility index (Phi) is 12.4. The molecule has 0 aliphatic carbocycles. The van der Waals surface area contributed by atoms with Gasteiger partial charge in [0.1, 0.15) is 18.3 Å². The van der Waals surface area contributed by atoms with Gasteiger partial charge < -0.3 is 28.7 Å². The summed E-state index contributed by atoms with van der Waals surface area (Å²) in [5.41, 5.74) is 3.05. The van der Waals surface area contributed by atoms with E-state index in [2.05, 4.69) is 17.0 Å². The molecule has 4 rings (SSSR count). The SMILES string of the molecule is C[C@H](Cc1cc(C#N)c2c(c1)CCN2CCCOC(=O)c1ccccc1)N(CCOc1ccccc1OCC(F)(F)F)C(=O)OC(C)(C)C. The van der Waals surface area contributed by atoms with Crippen molar-refractivity contribution in [1.82, 2.24) is 4.90 Å². The first-order valence-electron chi connectivity index (χ1n) is 16.2. The zero-order chi connectivity index (χ0) is 35.6. The number of fused-ring (bicyclic) bond motifs is 1. The molecule has 0 spiro atoms. The molecule has 3 aromatic carbocycles. The molecule has 1 heterocycles. The number of carbonyl (C=O) groups is 2. The molecule has 49 heavy (non-hydrogen) atoms. The molecule has 0 radical (unpaired) electrons. The number of para-hydroxylation sites is 2. The van der Waals surface area contributed by atoms with Crippen LogP contribution in [0.2, 0.25) is 0 Å². The molecule has 1 aliphatic rings. The Labute approximate surface area is 285 Å². The first kappa shape index (κ1) is 36.9. The minimum atomic E-state index is -4.50. The Morgan fingerprint density at radius 3 is 2.31 bits per heavy atom. The molecule has 0 fully saturated rings. The minimum absolute atomic E-state index is 0.0285. The van der Waals surface area contributed by atoms with E-state index >= 15 is 0 Å². The number of amides is 1. The maximum Gasteiger partial charge on any atom is 0.422 e. The normalized spacial score (nSPS) is 13.2. The summed E-state index contributed by atoms with van der Waals surface area (Å²) in [6.07, 6.45) is -3.30. The standard InChI is InChI=1S/C37H42F3N3O6/c1-26(43(35(45)49-36(2,3)4)18-20-46-31-13-8-9-14-32(31)48-25-37(38,39)40)21-27-22-29-15-17-42(33(29)30(23-27)24-41)16-10-19-47-34(44)28-11-6-5-7-12-28/h5-9,11-14,22-23,26H,10,15-21,25H2,1-4H3/t26-/m1/s1. The fourth-order valence-corrected chi connectivity index (χ4v) is 5.56. The van der Waals surface area contributed by atoms with Crippen molar-refractivity contribution in [3.63, 3.8) is 0 Å². The third-order valence-electron chi connectivity index (χ3n) is 7.67. The topological polar surface area (TPSA) is 101 Å². The zero-order valence-corrected chi connectivity index (χ0v) is 28.2. The number of alkyl halides is 3. The van der Waals surface area contributed by atoms with Crippen molar-refractivity contribution in [2.45, 2.75) is 64.8 Å². The Morgan fingerprint density at radius 2 is 1.65 bits per heavy atom. The zero-order valence-electron chi connectivity index (χ0n) is 28.2. The highest BCUT2D eigenvalue weighted by atomic mass is 19.4. The molecule has 0 N–H and O–H groups in total. The van der Waals surface area contributed by atoms with E-state index in [1.165, 1.54) is 17.0 Å². The van der Waals surface area contributed by atoms with E-state index in [-0.39, 0.29) is 43.3 Å². The van der Waals surface area contributed by atoms with Gasteiger partial charge in [0.05, 0.1) is 30.0 Å². The van der Waals surface area contributed by atoms with Crippen molar-refractivity contribution < 1.29 is 41.7 Å². The summed E-state index contributed by atoms with van der Waals surface area (Å²) >= 11 is 0. The largest absolute Gasteiger partial charge is 0.488 e. The van der Waals surface area contributed by atoms with Crippen LogP contribution >= 0.6 is 0 Å². The van der Waals surface area contributed by atoms with Gasteiger partial charge in [0, 0.05) is 19.1 Å². The predicted molar refractivity (Wildman–Crippen MR) is 178 cm³/mol. The third-order valence-corrected chi connectivity index (χ3v) is 7.67. The van der Waals surface area contributed by atoms with Crippen molar-refractivity contribution >= 4 is 17.7 Å². The van der Waals surface area contributed by atoms with Gasteiger partial charge in [-0.05, 0) is 88.4 Å². The quantitative estimate of drug-likeness (QED) is 0.129. The first-order valence-corrected chi connectivity index (χ1v) is 16.2. The number of benzene rings is 3. The predicted octanol–water partition coefficient (Wildman–Crippen LogP) is 7.36. The Bertz CT molecular complexity index is 1620. The maximum atomic E-state index is 13.3. The number of nitrogens with zero attached hydrogens (tertiary/aromatic N) is 3. The lowest BCUT2D eigenvalue weighted by atomic mass is 9.98. The molecule has 0 bridgehead atoms. The van der Waals surface area contributed by atoms with Crippen LogP contribution in [0.25, 0.3) is 0 Å². The summed E-state index contributed by atoms with van der Waals surface area (Å²) in [5.74, 6) is -0.300. The smallest absolute Gasteiger partial charge is 0.422 e. The molecule has 1 aliphatic heterocycles. The molecule has 9 nitrogen and oxygen atoms in total. The van der Waals surface area contributed by atoms with Gasteiger partial charge in [0.25, 0.3) is 0 Å². The molecule has 0 unspecified atom stereocenters. The number of esters is 1. The lowest BCUT2D eigenvalue weighted by molar-refractivity contribution is -0.153. The van der Waals surface area contributed by atoms with E-state index in [0.29, 0.717) is 30.5 Å². The van der Waals surface area contributed by atoms with Crippen LogP contribution in [0, 0.1) is 11.3 Å². The number of hydrogen-bond acceptors (Lipinski definition) is 8. The van der Waals surface area contributed by atoms with Gasteiger partial charge in [-0.3, -0.25) is 0 Å². The van der Waals surface area contributed by atoms with Crippen molar-refractivity contribution in [3.05, 3.63) is 89.0 Å². The Morgan fingerprint density at radius 1 is 0.980 bits per heavy atom. The Hall–Kier alpha value is -4.92. The lowest BCUT2D eigenvalue weighted by Gasteiger charge is -2.32. The van der Waals surface area contributed by atoms with E-state index in [9.17, 15) is 28.0 Å². The molecular formula is C37H42F3N3O6. The van der Waals surface area contributed by atoms with Crippen LogP contribution in [0.15, 0.2) is 66.7 Å². The van der Waals surface area contributed by atoms with Crippen molar-refractivity contribution in [3.8, 4) is 17.6 Å². The monoisotopic (exact) mass is 681 g/mol. The summed E-state index contributed by atoms with van der Waals surface area (Å²) in [5, 5.41) is 10.1. The van der Waals surface area contributed by atoms with Crippen molar-refractivity contribution in [1.29, 1.82) is 5.26 Å². The van der Waals surface area contributed by atoms with E-state index in [1.54, 1.807) is 57.2 Å². The van der Waals surface area contributed by atoms with Gasteiger partial charge in [-0.15, -0.1) is 0 Å². The fourth-order valence-electron chi connectivity index (χ4n) is 5.56. The second-order valence-corrected chi connectivity index (χ2v) is 12.8. The van der Waals surface area contributed by atoms with Gasteiger partial charge >= 0.3 is 18.2 Å². The first-order chi connectivity index (χ1) is 23.2. The van der Waals surface area contributed by atoms with Gasteiger partial charge in [-0.2, -0.15) is 18.4 Å². The molecule has 1 amide bonds. The van der Waals surface area contributed by atoms with E-state index in [4.69, 9.17) is 18.9 Å². The molecule has 12 heteroatoms. The van der Waals surface area contributed by atoms with Gasteiger partial charge in [-0.25, -0.2) is 9.59 Å². The third kappa shape index (κ3) is 11.1. The van der Waals surface area contributed by atoms with Crippen molar-refractivity contribution in [2.24, 2.45) is 0 Å². The average molecular weight is 682 g/mol. The molecule has 1 atom stereocenters. The molecule has 262 valence electrons. The molecule has 0 aromatic heterocycles. The number of carbonyl (C=O) groups excluding carboxylic acids is 2. The minimum Gasteiger partial charge on any atom is -0.488 e. The molecule has 3 aromatic rings. The summed E-state index contributed by atoms with van der Waals surface area (Å²) < 4.78 is 60.0. The summed E-state index contributed by atoms with van der Waals surface area (Å²) in [4.78, 5) is 29.2. The van der Waals surface area contributed by atoms with Crippen LogP contribution in [-0.4, -0.2) is 74.2 Å². The van der Waals surface area contributed by atoms with Gasteiger partial charge in [-0.1, -0.05) is 36.4 Å². The number of anilines is 1. The molecular weight excluding hydrogens is 639 g/mol. The average Bonchev–Trinajstić information content (AvgIpc) is 3.45. The van der Waals surface area contributed by atoms with Crippen LogP contribution in [0.1, 0.15) is 61.2 Å². The van der Waals surface area contributed by atoms with Crippen LogP contribution in [0.4, 0.5) is 23.7 Å². The highest BCUT2D eigenvalue weighted by Gasteiger charge is 2.30. The molecule has 0 saturated carbocycles. The van der Waals surface area contributed by atoms with E-state index in [1.807, 2.05) is 19.1 Å². The number of hydrogen-bond donors (Lipinski definition) is 0. The second kappa shape index (κ2) is 16.5. The number of halogens is 3. The highest BCUT2D eigenvalue weighted by Crippen LogP contribution is 2.34. The second-order valence-electron chi connectivity index (χ2n) is 12.8. The van der Waals surface area contributed by atoms with E-state index in [0.717, 1.165) is 29.8 Å². The fraction of sp³-hybridized carbons (Fsp3) is 0.432. The van der Waals surface area contributed by atoms with Crippen LogP contribution in [0.5, 0.6) is 11.5 Å². The highest BCUT2D eigenvalue weighted by molar-refractivity contribution is 5.89. The lowest BCUT2D eigenvalue weighted by Crippen LogP contribution is -2.45. The van der Waals surface area contributed by atoms with E-state index < -0.39 is 24.5 Å². The van der Waals surface area contributed by atoms with Crippen LogP contribution < -0.4 is 14.4 Å². The van der Waals surface area contributed by atoms with Gasteiger partial charge in [0.2, 0.25) is 0 Å². The summed E-state index contributed by atoms with van der Waals surface area (Å²) in [6.45, 7) is 7.36. The summed E-state index contributed by atoms with van der Waals surface area (Å²) in [6, 6.07) is 20.7. The maximum absolute atomic E-state index is 13.3. The number of nitriles is 1. The summed E-state index contributed by atoms with van der Waals surface area (Å²) in [7, 11) is 0. The van der Waals surface area contributed by atoms with Crippen LogP contribution in [0.3, 0.4) is 0 Å².